The molecule has 0 aliphatic carbocycles. The summed E-state index contributed by atoms with van der Waals surface area (Å²) in [7, 11) is 1.83. The number of hydrogen-bond acceptors (Lipinski definition) is 3. The van der Waals surface area contributed by atoms with Gasteiger partial charge in [-0.1, -0.05) is 6.92 Å². The highest BCUT2D eigenvalue weighted by atomic mass is 16.2. The Morgan fingerprint density at radius 3 is 2.88 bits per heavy atom. The van der Waals surface area contributed by atoms with Crippen molar-refractivity contribution in [2.24, 2.45) is 18.9 Å². The van der Waals surface area contributed by atoms with Crippen LogP contribution in [0, 0.1) is 18.8 Å². The Morgan fingerprint density at radius 1 is 1.62 bits per heavy atom. The maximum atomic E-state index is 12.0. The Labute approximate surface area is 95.2 Å². The summed E-state index contributed by atoms with van der Waals surface area (Å²) in [6.45, 7) is 5.69. The number of anilines is 1. The third kappa shape index (κ3) is 2.09. The van der Waals surface area contributed by atoms with E-state index in [2.05, 4.69) is 22.7 Å². The molecule has 1 amide bonds. The van der Waals surface area contributed by atoms with Gasteiger partial charge in [-0.05, 0) is 19.4 Å². The molecule has 0 aromatic carbocycles. The fraction of sp³-hybridized carbons (Fsp3) is 0.636. The summed E-state index contributed by atoms with van der Waals surface area (Å²) in [6.07, 6.45) is 0. The molecule has 1 fully saturated rings. The first-order valence-electron chi connectivity index (χ1n) is 5.60. The number of nitrogens with zero attached hydrogens (tertiary/aromatic N) is 2. The van der Waals surface area contributed by atoms with E-state index < -0.39 is 0 Å². The van der Waals surface area contributed by atoms with Crippen LogP contribution in [-0.2, 0) is 11.8 Å². The number of rotatable bonds is 2. The van der Waals surface area contributed by atoms with Crippen molar-refractivity contribution in [3.63, 3.8) is 0 Å². The van der Waals surface area contributed by atoms with Crippen molar-refractivity contribution in [3.8, 4) is 0 Å². The molecule has 1 aromatic heterocycles. The van der Waals surface area contributed by atoms with Crippen LogP contribution in [0.1, 0.15) is 12.6 Å². The molecule has 0 unspecified atom stereocenters. The Kier molecular flexibility index (Phi) is 2.96. The standard InChI is InChI=1S/C11H18N4O/c1-7-5-12-6-9(7)11(16)13-10-4-8(2)14-15(10)3/h4,7,9,12H,5-6H2,1-3H3,(H,13,16)/t7-,9-/m1/s1. The lowest BCUT2D eigenvalue weighted by Gasteiger charge is -2.13. The van der Waals surface area contributed by atoms with E-state index in [9.17, 15) is 4.79 Å². The second kappa shape index (κ2) is 4.25. The molecule has 1 saturated heterocycles. The maximum Gasteiger partial charge on any atom is 0.230 e. The number of carbonyl (C=O) groups excluding carboxylic acids is 1. The average Bonchev–Trinajstić information content (AvgIpc) is 2.74. The van der Waals surface area contributed by atoms with Gasteiger partial charge in [0.25, 0.3) is 0 Å². The summed E-state index contributed by atoms with van der Waals surface area (Å²) in [5.41, 5.74) is 0.912. The highest BCUT2D eigenvalue weighted by Crippen LogP contribution is 2.18. The van der Waals surface area contributed by atoms with Gasteiger partial charge in [-0.15, -0.1) is 0 Å². The minimum absolute atomic E-state index is 0.0650. The van der Waals surface area contributed by atoms with E-state index in [4.69, 9.17) is 0 Å². The van der Waals surface area contributed by atoms with E-state index in [0.29, 0.717) is 5.92 Å². The Morgan fingerprint density at radius 2 is 2.38 bits per heavy atom. The van der Waals surface area contributed by atoms with E-state index in [0.717, 1.165) is 24.6 Å². The zero-order valence-electron chi connectivity index (χ0n) is 9.95. The van der Waals surface area contributed by atoms with Gasteiger partial charge in [0, 0.05) is 19.7 Å². The van der Waals surface area contributed by atoms with Crippen LogP contribution in [0.15, 0.2) is 6.07 Å². The van der Waals surface area contributed by atoms with Gasteiger partial charge >= 0.3 is 0 Å². The van der Waals surface area contributed by atoms with Gasteiger partial charge in [0.15, 0.2) is 0 Å². The van der Waals surface area contributed by atoms with Crippen molar-refractivity contribution in [2.45, 2.75) is 13.8 Å². The van der Waals surface area contributed by atoms with Crippen LogP contribution >= 0.6 is 0 Å². The van der Waals surface area contributed by atoms with E-state index in [1.54, 1.807) is 4.68 Å². The smallest absolute Gasteiger partial charge is 0.230 e. The average molecular weight is 222 g/mol. The molecule has 5 nitrogen and oxygen atoms in total. The second-order valence-electron chi connectivity index (χ2n) is 4.53. The summed E-state index contributed by atoms with van der Waals surface area (Å²) < 4.78 is 1.69. The Balaban J connectivity index is 2.04. The number of amides is 1. The minimum Gasteiger partial charge on any atom is -0.316 e. The predicted octanol–water partition coefficient (Wildman–Crippen LogP) is 0.523. The largest absolute Gasteiger partial charge is 0.316 e. The molecule has 2 heterocycles. The SMILES string of the molecule is Cc1cc(NC(=O)[C@@H]2CNC[C@H]2C)n(C)n1. The number of hydrogen-bond donors (Lipinski definition) is 2. The normalized spacial score (nSPS) is 24.7. The van der Waals surface area contributed by atoms with Gasteiger partial charge in [-0.3, -0.25) is 9.48 Å². The molecule has 0 radical (unpaired) electrons. The zero-order valence-corrected chi connectivity index (χ0v) is 9.95. The summed E-state index contributed by atoms with van der Waals surface area (Å²) >= 11 is 0. The lowest BCUT2D eigenvalue weighted by atomic mass is 9.97. The molecule has 0 bridgehead atoms. The molecule has 2 N–H and O–H groups in total. The number of aryl methyl sites for hydroxylation is 2. The van der Waals surface area contributed by atoms with Crippen molar-refractivity contribution >= 4 is 11.7 Å². The van der Waals surface area contributed by atoms with Crippen molar-refractivity contribution in [2.75, 3.05) is 18.4 Å². The van der Waals surface area contributed by atoms with E-state index >= 15 is 0 Å². The van der Waals surface area contributed by atoms with E-state index in [1.165, 1.54) is 0 Å². The molecule has 1 aliphatic heterocycles. The van der Waals surface area contributed by atoms with Crippen LogP contribution in [0.5, 0.6) is 0 Å². The number of aromatic nitrogens is 2. The molecule has 2 atom stereocenters. The lowest BCUT2D eigenvalue weighted by molar-refractivity contribution is -0.120. The summed E-state index contributed by atoms with van der Waals surface area (Å²) in [5.74, 6) is 1.31. The van der Waals surface area contributed by atoms with Crippen LogP contribution in [0.3, 0.4) is 0 Å². The molecular formula is C11H18N4O. The third-order valence-corrected chi connectivity index (χ3v) is 3.11. The Hall–Kier alpha value is -1.36. The van der Waals surface area contributed by atoms with Gasteiger partial charge in [-0.25, -0.2) is 0 Å². The van der Waals surface area contributed by atoms with Crippen LogP contribution in [0.25, 0.3) is 0 Å². The number of nitrogens with one attached hydrogen (secondary N) is 2. The van der Waals surface area contributed by atoms with Gasteiger partial charge in [0.2, 0.25) is 5.91 Å². The quantitative estimate of drug-likeness (QED) is 0.767. The summed E-state index contributed by atoms with van der Waals surface area (Å²) in [5, 5.41) is 10.3. The first-order chi connectivity index (χ1) is 7.58. The highest BCUT2D eigenvalue weighted by molar-refractivity contribution is 5.92. The maximum absolute atomic E-state index is 12.0. The van der Waals surface area contributed by atoms with Crippen LogP contribution < -0.4 is 10.6 Å². The van der Waals surface area contributed by atoms with Crippen molar-refractivity contribution in [1.82, 2.24) is 15.1 Å². The number of carbonyl (C=O) groups is 1. The fourth-order valence-corrected chi connectivity index (χ4v) is 2.11. The van der Waals surface area contributed by atoms with Gasteiger partial charge in [0.1, 0.15) is 5.82 Å². The van der Waals surface area contributed by atoms with E-state index in [-0.39, 0.29) is 11.8 Å². The second-order valence-corrected chi connectivity index (χ2v) is 4.53. The summed E-state index contributed by atoms with van der Waals surface area (Å²) in [6, 6.07) is 1.88. The minimum atomic E-state index is 0.0650. The first-order valence-corrected chi connectivity index (χ1v) is 5.60. The molecule has 1 aromatic rings. The summed E-state index contributed by atoms with van der Waals surface area (Å²) in [4.78, 5) is 12.0. The molecule has 2 rings (SSSR count). The first kappa shape index (κ1) is 11.1. The van der Waals surface area contributed by atoms with Crippen molar-refractivity contribution in [3.05, 3.63) is 11.8 Å². The molecule has 5 heteroatoms. The lowest BCUT2D eigenvalue weighted by Crippen LogP contribution is -2.28. The zero-order chi connectivity index (χ0) is 11.7. The van der Waals surface area contributed by atoms with Crippen LogP contribution in [-0.4, -0.2) is 28.8 Å². The molecule has 0 spiro atoms. The van der Waals surface area contributed by atoms with Crippen LogP contribution in [0.2, 0.25) is 0 Å². The monoisotopic (exact) mass is 222 g/mol. The molecule has 88 valence electrons. The third-order valence-electron chi connectivity index (χ3n) is 3.11. The van der Waals surface area contributed by atoms with Crippen LogP contribution in [0.4, 0.5) is 5.82 Å². The Bertz CT molecular complexity index is 399. The van der Waals surface area contributed by atoms with Crippen molar-refractivity contribution < 1.29 is 4.79 Å². The molecule has 0 saturated carbocycles. The molecular weight excluding hydrogens is 204 g/mol. The topological polar surface area (TPSA) is 59.0 Å². The van der Waals surface area contributed by atoms with Gasteiger partial charge < -0.3 is 10.6 Å². The van der Waals surface area contributed by atoms with Gasteiger partial charge in [-0.2, -0.15) is 5.10 Å². The van der Waals surface area contributed by atoms with Gasteiger partial charge in [0.05, 0.1) is 11.6 Å². The predicted molar refractivity (Wildman–Crippen MR) is 62.1 cm³/mol. The highest BCUT2D eigenvalue weighted by Gasteiger charge is 2.29. The van der Waals surface area contributed by atoms with E-state index in [1.807, 2.05) is 20.0 Å². The van der Waals surface area contributed by atoms with Crippen molar-refractivity contribution in [1.29, 1.82) is 0 Å². The molecule has 16 heavy (non-hydrogen) atoms. The fourth-order valence-electron chi connectivity index (χ4n) is 2.11. The molecule has 1 aliphatic rings.